The van der Waals surface area contributed by atoms with Crippen molar-refractivity contribution in [3.05, 3.63) is 0 Å². The normalized spacial score (nSPS) is 17.4. The van der Waals surface area contributed by atoms with Gasteiger partial charge in [-0.1, -0.05) is 0 Å². The lowest BCUT2D eigenvalue weighted by atomic mass is 10.2. The third kappa shape index (κ3) is 3.63. The van der Waals surface area contributed by atoms with Crippen LogP contribution in [0, 0.1) is 0 Å². The highest BCUT2D eigenvalue weighted by Gasteiger charge is 2.23. The summed E-state index contributed by atoms with van der Waals surface area (Å²) in [5.41, 5.74) is 0. The maximum Gasteiger partial charge on any atom is 0.269 e. The van der Waals surface area contributed by atoms with Gasteiger partial charge in [-0.15, -0.1) is 0 Å². The average Bonchev–Trinajstić information content (AvgIpc) is 1.87. The highest BCUT2D eigenvalue weighted by Crippen LogP contribution is 2.13. The Morgan fingerprint density at radius 2 is 1.50 bits per heavy atom. The fourth-order valence-electron chi connectivity index (χ4n) is 0.410. The molecule has 0 radical (unpaired) electrons. The topological polar surface area (TPSA) is 0 Å². The van der Waals surface area contributed by atoms with Crippen molar-refractivity contribution in [2.45, 2.75) is 25.2 Å². The monoisotopic (exact) mass is 162 g/mol. The van der Waals surface area contributed by atoms with Gasteiger partial charge in [-0.2, -0.15) is 0 Å². The van der Waals surface area contributed by atoms with Crippen molar-refractivity contribution in [3.63, 3.8) is 0 Å². The molecule has 0 nitrogen and oxygen atoms in total. The smallest absolute Gasteiger partial charge is 0.248 e. The third-order valence-corrected chi connectivity index (χ3v) is 0.922. The van der Waals surface area contributed by atoms with Crippen LogP contribution in [0.2, 0.25) is 0 Å². The van der Waals surface area contributed by atoms with Crippen LogP contribution in [0.5, 0.6) is 0 Å². The van der Waals surface area contributed by atoms with Gasteiger partial charge < -0.3 is 0 Å². The highest BCUT2D eigenvalue weighted by molar-refractivity contribution is 4.64. The first-order valence-electron chi connectivity index (χ1n) is 2.70. The van der Waals surface area contributed by atoms with E-state index in [9.17, 15) is 22.0 Å². The van der Waals surface area contributed by atoms with Gasteiger partial charge in [-0.25, -0.2) is 22.0 Å². The predicted octanol–water partition coefficient (Wildman–Crippen LogP) is 2.29. The van der Waals surface area contributed by atoms with Gasteiger partial charge in [-0.05, 0) is 0 Å². The van der Waals surface area contributed by atoms with E-state index < -0.39 is 31.9 Å². The van der Waals surface area contributed by atoms with Gasteiger partial charge in [0.15, 0.2) is 6.17 Å². The van der Waals surface area contributed by atoms with Crippen LogP contribution in [0.3, 0.4) is 0 Å². The van der Waals surface area contributed by atoms with E-state index in [0.29, 0.717) is 0 Å². The largest absolute Gasteiger partial charge is 0.269 e. The van der Waals surface area contributed by atoms with Crippen LogP contribution in [0.1, 0.15) is 6.42 Å². The summed E-state index contributed by atoms with van der Waals surface area (Å²) >= 11 is 0. The van der Waals surface area contributed by atoms with Crippen LogP contribution in [-0.2, 0) is 0 Å². The van der Waals surface area contributed by atoms with Crippen molar-refractivity contribution in [2.24, 2.45) is 0 Å². The molecule has 0 heterocycles. The van der Waals surface area contributed by atoms with Gasteiger partial charge in [-0.3, -0.25) is 0 Å². The van der Waals surface area contributed by atoms with E-state index in [-0.39, 0.29) is 0 Å². The second kappa shape index (κ2) is 4.46. The highest BCUT2D eigenvalue weighted by atomic mass is 19.3. The second-order valence-electron chi connectivity index (χ2n) is 1.84. The lowest BCUT2D eigenvalue weighted by Crippen LogP contribution is -2.18. The zero-order valence-electron chi connectivity index (χ0n) is 5.04. The molecule has 0 aromatic carbocycles. The second-order valence-corrected chi connectivity index (χ2v) is 1.84. The van der Waals surface area contributed by atoms with Crippen molar-refractivity contribution >= 4 is 0 Å². The first-order chi connectivity index (χ1) is 4.57. The molecule has 0 aromatic rings. The van der Waals surface area contributed by atoms with Gasteiger partial charge in [0, 0.05) is 6.42 Å². The number of hydrogen-bond acceptors (Lipinski definition) is 0. The fraction of sp³-hybridized carbons (Fsp3) is 1.00. The molecule has 2 atom stereocenters. The summed E-state index contributed by atoms with van der Waals surface area (Å²) in [7, 11) is 0. The van der Waals surface area contributed by atoms with Crippen LogP contribution < -0.4 is 0 Å². The third-order valence-electron chi connectivity index (χ3n) is 0.922. The lowest BCUT2D eigenvalue weighted by Gasteiger charge is -2.07. The Labute approximate surface area is 55.0 Å². The first-order valence-corrected chi connectivity index (χ1v) is 2.70. The molecule has 2 unspecified atom stereocenters. The summed E-state index contributed by atoms with van der Waals surface area (Å²) in [6.07, 6.45) is -8.94. The van der Waals surface area contributed by atoms with E-state index in [1.165, 1.54) is 0 Å². The Morgan fingerprint density at radius 3 is 1.80 bits per heavy atom. The van der Waals surface area contributed by atoms with Crippen molar-refractivity contribution in [1.29, 1.82) is 0 Å². The minimum Gasteiger partial charge on any atom is -0.248 e. The van der Waals surface area contributed by atoms with Crippen LogP contribution in [0.15, 0.2) is 0 Å². The average molecular weight is 162 g/mol. The molecule has 0 aliphatic rings. The maximum atomic E-state index is 11.8. The standard InChI is InChI=1S/C5H7F5/c6-2-3(7)1-4(8)5(9)10/h3-5H,1-2H2. The molecule has 0 spiro atoms. The number of halogens is 5. The van der Waals surface area contributed by atoms with Crippen LogP contribution >= 0.6 is 0 Å². The van der Waals surface area contributed by atoms with Crippen molar-refractivity contribution in [2.75, 3.05) is 6.67 Å². The minimum absolute atomic E-state index is 1.06. The van der Waals surface area contributed by atoms with E-state index >= 15 is 0 Å². The van der Waals surface area contributed by atoms with E-state index in [1.54, 1.807) is 0 Å². The van der Waals surface area contributed by atoms with Crippen molar-refractivity contribution in [3.8, 4) is 0 Å². The summed E-state index contributed by atoms with van der Waals surface area (Å²) in [5.74, 6) is 0. The summed E-state index contributed by atoms with van der Waals surface area (Å²) in [4.78, 5) is 0. The zero-order chi connectivity index (χ0) is 8.15. The van der Waals surface area contributed by atoms with Crippen LogP contribution in [0.25, 0.3) is 0 Å². The first kappa shape index (κ1) is 9.65. The Bertz CT molecular complexity index is 84.1. The Kier molecular flexibility index (Phi) is 4.31. The molecule has 0 aromatic heterocycles. The molecule has 0 amide bonds. The van der Waals surface area contributed by atoms with Crippen LogP contribution in [0.4, 0.5) is 22.0 Å². The molecule has 5 heteroatoms. The Hall–Kier alpha value is -0.350. The molecule has 0 N–H and O–H groups in total. The minimum atomic E-state index is -3.22. The number of rotatable bonds is 4. The van der Waals surface area contributed by atoms with Gasteiger partial charge in [0.1, 0.15) is 12.8 Å². The molecule has 10 heavy (non-hydrogen) atoms. The van der Waals surface area contributed by atoms with Crippen molar-refractivity contribution in [1.82, 2.24) is 0 Å². The van der Waals surface area contributed by atoms with E-state index in [4.69, 9.17) is 0 Å². The Morgan fingerprint density at radius 1 is 1.00 bits per heavy atom. The fourth-order valence-corrected chi connectivity index (χ4v) is 0.410. The zero-order valence-corrected chi connectivity index (χ0v) is 5.04. The molecule has 0 bridgehead atoms. The van der Waals surface area contributed by atoms with Gasteiger partial charge >= 0.3 is 0 Å². The van der Waals surface area contributed by atoms with Gasteiger partial charge in [0.25, 0.3) is 6.43 Å². The van der Waals surface area contributed by atoms with Crippen LogP contribution in [-0.4, -0.2) is 25.4 Å². The van der Waals surface area contributed by atoms with E-state index in [2.05, 4.69) is 0 Å². The summed E-state index contributed by atoms with van der Waals surface area (Å²) in [5, 5.41) is 0. The van der Waals surface area contributed by atoms with Gasteiger partial charge in [0.05, 0.1) is 0 Å². The SMILES string of the molecule is FCC(F)CC(F)C(F)F. The predicted molar refractivity (Wildman–Crippen MR) is 26.4 cm³/mol. The van der Waals surface area contributed by atoms with E-state index in [0.717, 1.165) is 0 Å². The molecule has 0 saturated carbocycles. The summed E-state index contributed by atoms with van der Waals surface area (Å²) in [6.45, 7) is -1.41. The van der Waals surface area contributed by atoms with Gasteiger partial charge in [0.2, 0.25) is 0 Å². The summed E-state index contributed by atoms with van der Waals surface area (Å²) in [6, 6.07) is 0. The van der Waals surface area contributed by atoms with E-state index in [1.807, 2.05) is 0 Å². The molecule has 0 saturated heterocycles. The Balaban J connectivity index is 3.46. The quantitative estimate of drug-likeness (QED) is 0.556. The molecular weight excluding hydrogens is 155 g/mol. The maximum absolute atomic E-state index is 11.8. The number of hydrogen-bond donors (Lipinski definition) is 0. The molecule has 0 fully saturated rings. The molecular formula is C5H7F5. The molecule has 0 aliphatic carbocycles. The lowest BCUT2D eigenvalue weighted by molar-refractivity contribution is 0.0286. The number of alkyl halides is 5. The van der Waals surface area contributed by atoms with Crippen molar-refractivity contribution < 1.29 is 22.0 Å². The molecule has 62 valence electrons. The molecule has 0 aliphatic heterocycles. The molecule has 0 rings (SSSR count). The summed E-state index contributed by atoms with van der Waals surface area (Å²) < 4.78 is 57.3.